The molecule has 0 amide bonds. The fraction of sp³-hybridized carbons (Fsp3) is 0.455. The van der Waals surface area contributed by atoms with Crippen molar-refractivity contribution in [1.29, 1.82) is 0 Å². The second-order valence-corrected chi connectivity index (χ2v) is 6.41. The van der Waals surface area contributed by atoms with E-state index < -0.39 is 10.0 Å². The van der Waals surface area contributed by atoms with Crippen LogP contribution in [0.5, 0.6) is 0 Å². The van der Waals surface area contributed by atoms with E-state index >= 15 is 0 Å². The maximum atomic E-state index is 11.8. The van der Waals surface area contributed by atoms with Gasteiger partial charge in [-0.15, -0.1) is 0 Å². The lowest BCUT2D eigenvalue weighted by atomic mass is 10.4. The highest BCUT2D eigenvalue weighted by Crippen LogP contribution is 2.11. The molecule has 0 heterocycles. The molecule has 0 spiro atoms. The number of hydrogen-bond acceptors (Lipinski definition) is 3. The van der Waals surface area contributed by atoms with Crippen LogP contribution in [-0.2, 0) is 14.8 Å². The number of rotatable bonds is 7. The lowest BCUT2D eigenvalue weighted by Crippen LogP contribution is -2.25. The average Bonchev–Trinajstić information content (AvgIpc) is 2.29. The summed E-state index contributed by atoms with van der Waals surface area (Å²) in [6, 6.07) is 6.75. The lowest BCUT2D eigenvalue weighted by molar-refractivity contribution is 0.146. The summed E-state index contributed by atoms with van der Waals surface area (Å²) in [6.07, 6.45) is 0.678. The molecule has 0 aromatic heterocycles. The molecule has 0 bridgehead atoms. The van der Waals surface area contributed by atoms with Crippen LogP contribution in [0.4, 0.5) is 0 Å². The van der Waals surface area contributed by atoms with Gasteiger partial charge in [0, 0.05) is 23.3 Å². The smallest absolute Gasteiger partial charge is 0.240 e. The Kier molecular flexibility index (Phi) is 6.39. The molecule has 0 aliphatic heterocycles. The highest BCUT2D eigenvalue weighted by atomic mass is 127. The van der Waals surface area contributed by atoms with Crippen molar-refractivity contribution in [3.8, 4) is 0 Å². The lowest BCUT2D eigenvalue weighted by Gasteiger charge is -2.06. The summed E-state index contributed by atoms with van der Waals surface area (Å²) in [5.41, 5.74) is 0. The normalized spacial score (nSPS) is 11.6. The Morgan fingerprint density at radius 2 is 1.94 bits per heavy atom. The molecule has 0 saturated carbocycles. The minimum atomic E-state index is -3.37. The van der Waals surface area contributed by atoms with Gasteiger partial charge >= 0.3 is 0 Å². The molecular weight excluding hydrogens is 353 g/mol. The molecule has 0 fully saturated rings. The number of sulfonamides is 1. The molecule has 17 heavy (non-hydrogen) atoms. The third-order valence-electron chi connectivity index (χ3n) is 2.09. The third kappa shape index (κ3) is 5.33. The van der Waals surface area contributed by atoms with Crippen LogP contribution < -0.4 is 4.72 Å². The van der Waals surface area contributed by atoms with Gasteiger partial charge in [0.1, 0.15) is 0 Å². The van der Waals surface area contributed by atoms with E-state index in [4.69, 9.17) is 4.74 Å². The summed E-state index contributed by atoms with van der Waals surface area (Å²) in [7, 11) is -3.37. The van der Waals surface area contributed by atoms with Crippen LogP contribution in [0, 0.1) is 3.57 Å². The van der Waals surface area contributed by atoms with Crippen molar-refractivity contribution in [2.24, 2.45) is 0 Å². The Morgan fingerprint density at radius 1 is 1.29 bits per heavy atom. The first-order valence-corrected chi connectivity index (χ1v) is 7.95. The van der Waals surface area contributed by atoms with E-state index in [1.165, 1.54) is 0 Å². The molecule has 1 rings (SSSR count). The van der Waals surface area contributed by atoms with E-state index in [0.29, 0.717) is 31.1 Å². The highest BCUT2D eigenvalue weighted by Gasteiger charge is 2.12. The summed E-state index contributed by atoms with van der Waals surface area (Å²) in [5, 5.41) is 0. The molecule has 6 heteroatoms. The van der Waals surface area contributed by atoms with Crippen LogP contribution >= 0.6 is 22.6 Å². The van der Waals surface area contributed by atoms with Gasteiger partial charge in [-0.2, -0.15) is 0 Å². The van der Waals surface area contributed by atoms with Gasteiger partial charge in [0.2, 0.25) is 10.0 Å². The van der Waals surface area contributed by atoms with E-state index in [1.54, 1.807) is 24.3 Å². The zero-order chi connectivity index (χ0) is 12.7. The van der Waals surface area contributed by atoms with E-state index in [1.807, 2.05) is 6.92 Å². The highest BCUT2D eigenvalue weighted by molar-refractivity contribution is 14.1. The van der Waals surface area contributed by atoms with Gasteiger partial charge in [-0.1, -0.05) is 0 Å². The second kappa shape index (κ2) is 7.30. The van der Waals surface area contributed by atoms with Crippen molar-refractivity contribution in [3.05, 3.63) is 27.8 Å². The van der Waals surface area contributed by atoms with Gasteiger partial charge in [-0.25, -0.2) is 13.1 Å². The number of nitrogens with one attached hydrogen (secondary N) is 1. The number of benzene rings is 1. The van der Waals surface area contributed by atoms with Crippen molar-refractivity contribution < 1.29 is 13.2 Å². The van der Waals surface area contributed by atoms with Crippen LogP contribution in [0.3, 0.4) is 0 Å². The zero-order valence-electron chi connectivity index (χ0n) is 9.65. The maximum absolute atomic E-state index is 11.8. The van der Waals surface area contributed by atoms with Gasteiger partial charge in [-0.3, -0.25) is 0 Å². The molecule has 4 nitrogen and oxygen atoms in total. The maximum Gasteiger partial charge on any atom is 0.240 e. The summed E-state index contributed by atoms with van der Waals surface area (Å²) < 4.78 is 32.3. The number of ether oxygens (including phenoxy) is 1. The predicted octanol–water partition coefficient (Wildman–Crippen LogP) is 2.00. The summed E-state index contributed by atoms with van der Waals surface area (Å²) in [4.78, 5) is 0.300. The molecule has 1 aromatic rings. The Morgan fingerprint density at radius 3 is 2.53 bits per heavy atom. The van der Waals surface area contributed by atoms with E-state index in [2.05, 4.69) is 27.3 Å². The molecular formula is C11H16INO3S. The first-order chi connectivity index (χ1) is 8.06. The predicted molar refractivity (Wildman–Crippen MR) is 75.5 cm³/mol. The van der Waals surface area contributed by atoms with Gasteiger partial charge in [0.25, 0.3) is 0 Å². The molecule has 0 aliphatic rings. The number of halogens is 1. The average molecular weight is 369 g/mol. The molecule has 0 radical (unpaired) electrons. The quantitative estimate of drug-likeness (QED) is 0.591. The summed E-state index contributed by atoms with van der Waals surface area (Å²) in [6.45, 7) is 3.54. The topological polar surface area (TPSA) is 55.4 Å². The van der Waals surface area contributed by atoms with Gasteiger partial charge in [0.05, 0.1) is 4.90 Å². The van der Waals surface area contributed by atoms with Gasteiger partial charge in [-0.05, 0) is 60.2 Å². The molecule has 0 atom stereocenters. The molecule has 1 aromatic carbocycles. The molecule has 0 unspecified atom stereocenters. The molecule has 0 aliphatic carbocycles. The van der Waals surface area contributed by atoms with Crippen molar-refractivity contribution in [2.45, 2.75) is 18.2 Å². The van der Waals surface area contributed by atoms with Crippen molar-refractivity contribution in [2.75, 3.05) is 19.8 Å². The summed E-state index contributed by atoms with van der Waals surface area (Å²) in [5.74, 6) is 0. The van der Waals surface area contributed by atoms with Crippen LogP contribution in [0.25, 0.3) is 0 Å². The van der Waals surface area contributed by atoms with E-state index in [9.17, 15) is 8.42 Å². The third-order valence-corrected chi connectivity index (χ3v) is 4.28. The Balaban J connectivity index is 2.48. The summed E-state index contributed by atoms with van der Waals surface area (Å²) >= 11 is 2.14. The van der Waals surface area contributed by atoms with Crippen LogP contribution in [0.15, 0.2) is 29.2 Å². The minimum absolute atomic E-state index is 0.300. The van der Waals surface area contributed by atoms with Gasteiger partial charge in [0.15, 0.2) is 0 Å². The fourth-order valence-electron chi connectivity index (χ4n) is 1.22. The Hall–Kier alpha value is -0.180. The monoisotopic (exact) mass is 369 g/mol. The Labute approximate surface area is 116 Å². The van der Waals surface area contributed by atoms with Crippen molar-refractivity contribution in [3.63, 3.8) is 0 Å². The second-order valence-electron chi connectivity index (χ2n) is 3.40. The fourth-order valence-corrected chi connectivity index (χ4v) is 2.66. The van der Waals surface area contributed by atoms with Crippen LogP contribution in [0.2, 0.25) is 0 Å². The minimum Gasteiger partial charge on any atom is -0.382 e. The van der Waals surface area contributed by atoms with E-state index in [0.717, 1.165) is 3.57 Å². The van der Waals surface area contributed by atoms with Crippen molar-refractivity contribution in [1.82, 2.24) is 4.72 Å². The SMILES string of the molecule is CCOCCCNS(=O)(=O)c1ccc(I)cc1. The largest absolute Gasteiger partial charge is 0.382 e. The first kappa shape index (κ1) is 14.9. The molecule has 1 N–H and O–H groups in total. The van der Waals surface area contributed by atoms with Crippen LogP contribution in [-0.4, -0.2) is 28.2 Å². The zero-order valence-corrected chi connectivity index (χ0v) is 12.6. The van der Waals surface area contributed by atoms with Crippen molar-refractivity contribution >= 4 is 32.6 Å². The number of hydrogen-bond donors (Lipinski definition) is 1. The van der Waals surface area contributed by atoms with E-state index in [-0.39, 0.29) is 0 Å². The first-order valence-electron chi connectivity index (χ1n) is 5.39. The van der Waals surface area contributed by atoms with Gasteiger partial charge < -0.3 is 4.74 Å². The molecule has 96 valence electrons. The van der Waals surface area contributed by atoms with Crippen LogP contribution in [0.1, 0.15) is 13.3 Å². The Bertz CT molecular complexity index is 431. The molecule has 0 saturated heterocycles. The standard InChI is InChI=1S/C11H16INO3S/c1-2-16-9-3-8-13-17(14,15)11-6-4-10(12)5-7-11/h4-7,13H,2-3,8-9H2,1H3.